The van der Waals surface area contributed by atoms with Crippen LogP contribution in [0.25, 0.3) is 5.69 Å². The van der Waals surface area contributed by atoms with Gasteiger partial charge < -0.3 is 5.11 Å². The summed E-state index contributed by atoms with van der Waals surface area (Å²) in [6.07, 6.45) is 1.38. The molecule has 7 heteroatoms. The molecule has 6 nitrogen and oxygen atoms in total. The number of rotatable bonds is 4. The summed E-state index contributed by atoms with van der Waals surface area (Å²) in [7, 11) is 0. The summed E-state index contributed by atoms with van der Waals surface area (Å²) in [5, 5.41) is 12.8. The van der Waals surface area contributed by atoms with Gasteiger partial charge in [-0.15, -0.1) is 0 Å². The van der Waals surface area contributed by atoms with Crippen molar-refractivity contribution < 1.29 is 9.90 Å². The first-order valence-corrected chi connectivity index (χ1v) is 8.21. The van der Waals surface area contributed by atoms with Crippen LogP contribution in [0.15, 0.2) is 52.3 Å². The monoisotopic (exact) mass is 369 g/mol. The molecule has 0 saturated carbocycles. The molecule has 0 amide bonds. The molecule has 0 aliphatic heterocycles. The molecule has 0 atom stereocenters. The van der Waals surface area contributed by atoms with Gasteiger partial charge in [0.15, 0.2) is 0 Å². The van der Waals surface area contributed by atoms with Crippen LogP contribution in [0, 0.1) is 13.8 Å². The number of hydrogen-bond donors (Lipinski definition) is 2. The molecule has 0 fully saturated rings. The first kappa shape index (κ1) is 17.7. The zero-order chi connectivity index (χ0) is 18.8. The molecule has 0 aliphatic carbocycles. The van der Waals surface area contributed by atoms with Crippen LogP contribution in [0.3, 0.4) is 0 Å². The average Bonchev–Trinajstić information content (AvgIpc) is 2.87. The van der Waals surface area contributed by atoms with Crippen LogP contribution in [0.4, 0.5) is 5.69 Å². The van der Waals surface area contributed by atoms with Gasteiger partial charge in [-0.25, -0.2) is 9.48 Å². The molecule has 0 bridgehead atoms. The fraction of sp³-hybridized carbons (Fsp3) is 0.105. The molecule has 1 heterocycles. The van der Waals surface area contributed by atoms with Crippen molar-refractivity contribution in [3.05, 3.63) is 80.2 Å². The summed E-state index contributed by atoms with van der Waals surface area (Å²) in [4.78, 5) is 28.4. The minimum Gasteiger partial charge on any atom is -0.478 e. The lowest BCUT2D eigenvalue weighted by Crippen LogP contribution is -2.17. The van der Waals surface area contributed by atoms with Gasteiger partial charge in [0.25, 0.3) is 5.56 Å². The number of aryl methyl sites for hydroxylation is 2. The number of benzene rings is 2. The van der Waals surface area contributed by atoms with Crippen LogP contribution in [-0.2, 0) is 0 Å². The van der Waals surface area contributed by atoms with Crippen LogP contribution in [-0.4, -0.2) is 27.1 Å². The zero-order valence-electron chi connectivity index (χ0n) is 14.2. The Labute approximate surface area is 154 Å². The molecule has 0 radical (unpaired) electrons. The third kappa shape index (κ3) is 3.19. The highest BCUT2D eigenvalue weighted by Crippen LogP contribution is 2.23. The van der Waals surface area contributed by atoms with Crippen LogP contribution < -0.4 is 5.56 Å². The van der Waals surface area contributed by atoms with Gasteiger partial charge in [-0.2, -0.15) is 0 Å². The van der Waals surface area contributed by atoms with E-state index in [9.17, 15) is 14.7 Å². The minimum absolute atomic E-state index is 0.114. The highest BCUT2D eigenvalue weighted by atomic mass is 35.5. The fourth-order valence-electron chi connectivity index (χ4n) is 2.69. The number of carboxylic acid groups (broad SMARTS) is 1. The Kier molecular flexibility index (Phi) is 4.77. The van der Waals surface area contributed by atoms with Gasteiger partial charge in [-0.3, -0.25) is 14.9 Å². The summed E-state index contributed by atoms with van der Waals surface area (Å²) in [6.45, 7) is 3.44. The van der Waals surface area contributed by atoms with Crippen molar-refractivity contribution in [1.82, 2.24) is 9.78 Å². The lowest BCUT2D eigenvalue weighted by molar-refractivity contribution is 0.0697. The fourth-order valence-corrected chi connectivity index (χ4v) is 2.91. The van der Waals surface area contributed by atoms with Crippen molar-refractivity contribution in [1.29, 1.82) is 0 Å². The summed E-state index contributed by atoms with van der Waals surface area (Å²) < 4.78 is 1.34. The molecule has 26 heavy (non-hydrogen) atoms. The van der Waals surface area contributed by atoms with Crippen LogP contribution in [0.2, 0.25) is 5.02 Å². The second kappa shape index (κ2) is 7.01. The summed E-state index contributed by atoms with van der Waals surface area (Å²) >= 11 is 6.16. The van der Waals surface area contributed by atoms with E-state index in [0.29, 0.717) is 33.2 Å². The molecule has 1 aromatic heterocycles. The molecule has 0 saturated heterocycles. The third-order valence-corrected chi connectivity index (χ3v) is 4.33. The van der Waals surface area contributed by atoms with Crippen LogP contribution in [0.1, 0.15) is 27.2 Å². The molecular weight excluding hydrogens is 354 g/mol. The van der Waals surface area contributed by atoms with Gasteiger partial charge in [0.05, 0.1) is 27.5 Å². The topological polar surface area (TPSA) is 87.5 Å². The quantitative estimate of drug-likeness (QED) is 0.684. The Morgan fingerprint density at radius 2 is 1.92 bits per heavy atom. The van der Waals surface area contributed by atoms with E-state index in [1.165, 1.54) is 10.9 Å². The number of halogens is 1. The van der Waals surface area contributed by atoms with E-state index in [1.807, 2.05) is 0 Å². The lowest BCUT2D eigenvalue weighted by atomic mass is 10.1. The Morgan fingerprint density at radius 1 is 1.19 bits per heavy atom. The van der Waals surface area contributed by atoms with Crippen molar-refractivity contribution in [2.24, 2.45) is 4.99 Å². The van der Waals surface area contributed by atoms with Crippen molar-refractivity contribution >= 4 is 29.5 Å². The Morgan fingerprint density at radius 3 is 2.62 bits per heavy atom. The number of aromatic nitrogens is 2. The third-order valence-electron chi connectivity index (χ3n) is 4.01. The number of hydrogen-bond acceptors (Lipinski definition) is 3. The molecule has 0 spiro atoms. The number of aromatic amines is 1. The molecule has 0 aliphatic rings. The van der Waals surface area contributed by atoms with Gasteiger partial charge in [0, 0.05) is 11.9 Å². The van der Waals surface area contributed by atoms with Crippen molar-refractivity contribution in [3.63, 3.8) is 0 Å². The van der Waals surface area contributed by atoms with Gasteiger partial charge in [-0.1, -0.05) is 35.9 Å². The second-order valence-electron chi connectivity index (χ2n) is 5.77. The number of nitrogens with one attached hydrogen (secondary N) is 1. The molecule has 0 unspecified atom stereocenters. The highest BCUT2D eigenvalue weighted by molar-refractivity contribution is 6.32. The van der Waals surface area contributed by atoms with Crippen molar-refractivity contribution in [3.8, 4) is 5.69 Å². The number of aromatic carboxylic acids is 1. The van der Waals surface area contributed by atoms with Gasteiger partial charge in [-0.05, 0) is 37.6 Å². The molecule has 132 valence electrons. The normalized spacial score (nSPS) is 11.2. The largest absolute Gasteiger partial charge is 0.478 e. The molecule has 3 rings (SSSR count). The first-order chi connectivity index (χ1) is 12.4. The van der Waals surface area contributed by atoms with E-state index in [4.69, 9.17) is 11.6 Å². The van der Waals surface area contributed by atoms with Gasteiger partial charge in [0.1, 0.15) is 0 Å². The maximum Gasteiger partial charge on any atom is 0.338 e. The van der Waals surface area contributed by atoms with Crippen LogP contribution in [0.5, 0.6) is 0 Å². The summed E-state index contributed by atoms with van der Waals surface area (Å²) in [5.74, 6) is -1.06. The van der Waals surface area contributed by atoms with E-state index >= 15 is 0 Å². The number of aliphatic imine (C=N–C) groups is 1. The van der Waals surface area contributed by atoms with Crippen LogP contribution >= 0.6 is 11.6 Å². The van der Waals surface area contributed by atoms with Crippen molar-refractivity contribution in [2.75, 3.05) is 0 Å². The molecule has 2 aromatic carbocycles. The number of carbonyl (C=O) groups is 1. The van der Waals surface area contributed by atoms with Crippen molar-refractivity contribution in [2.45, 2.75) is 13.8 Å². The summed E-state index contributed by atoms with van der Waals surface area (Å²) in [6, 6.07) is 12.0. The SMILES string of the molecule is Cc1cccc(N=Cc2c(C)[nH]n(-c3ccccc3Cl)c2=O)c1C(=O)O. The molecule has 2 N–H and O–H groups in total. The number of H-pyrrole nitrogens is 1. The molecule has 3 aromatic rings. The Balaban J connectivity index is 2.07. The average molecular weight is 370 g/mol. The minimum atomic E-state index is -1.06. The second-order valence-corrected chi connectivity index (χ2v) is 6.18. The Hall–Kier alpha value is -3.12. The molecular formula is C19H16ClN3O3. The van der Waals surface area contributed by atoms with E-state index < -0.39 is 5.97 Å². The Bertz CT molecular complexity index is 1080. The first-order valence-electron chi connectivity index (χ1n) is 7.83. The van der Waals surface area contributed by atoms with Gasteiger partial charge in [0.2, 0.25) is 0 Å². The maximum atomic E-state index is 12.7. The van der Waals surface area contributed by atoms with E-state index in [-0.39, 0.29) is 11.1 Å². The number of nitrogens with zero attached hydrogens (tertiary/aromatic N) is 2. The van der Waals surface area contributed by atoms with Gasteiger partial charge >= 0.3 is 5.97 Å². The van der Waals surface area contributed by atoms with E-state index in [0.717, 1.165) is 0 Å². The smallest absolute Gasteiger partial charge is 0.338 e. The number of carboxylic acids is 1. The maximum absolute atomic E-state index is 12.7. The number of para-hydroxylation sites is 1. The summed E-state index contributed by atoms with van der Waals surface area (Å²) in [5.41, 5.74) is 2.16. The lowest BCUT2D eigenvalue weighted by Gasteiger charge is -2.03. The highest BCUT2D eigenvalue weighted by Gasteiger charge is 2.15. The predicted octanol–water partition coefficient (Wildman–Crippen LogP) is 3.88. The van der Waals surface area contributed by atoms with E-state index in [1.54, 1.807) is 56.3 Å². The predicted molar refractivity (Wildman–Crippen MR) is 102 cm³/mol. The standard InChI is InChI=1S/C19H16ClN3O3/c1-11-6-5-8-15(17(11)19(25)26)21-10-13-12(2)22-23(18(13)24)16-9-4-3-7-14(16)20/h3-10,22H,1-2H3,(H,25,26). The zero-order valence-corrected chi connectivity index (χ0v) is 14.9. The van der Waals surface area contributed by atoms with E-state index in [2.05, 4.69) is 10.1 Å².